The van der Waals surface area contributed by atoms with Crippen LogP contribution >= 0.6 is 11.8 Å². The van der Waals surface area contributed by atoms with E-state index in [0.29, 0.717) is 28.6 Å². The number of hydrogen-bond acceptors (Lipinski definition) is 5. The third-order valence-electron chi connectivity index (χ3n) is 5.21. The van der Waals surface area contributed by atoms with E-state index in [-0.39, 0.29) is 17.7 Å². The lowest BCUT2D eigenvalue weighted by Gasteiger charge is -2.15. The van der Waals surface area contributed by atoms with Gasteiger partial charge in [-0.15, -0.1) is 0 Å². The Balaban J connectivity index is 1.60. The van der Waals surface area contributed by atoms with Gasteiger partial charge in [0.25, 0.3) is 11.1 Å². The van der Waals surface area contributed by atoms with E-state index >= 15 is 0 Å². The molecule has 6 heteroatoms. The monoisotopic (exact) mass is 445 g/mol. The first kappa shape index (κ1) is 21.7. The number of para-hydroxylation sites is 1. The van der Waals surface area contributed by atoms with Crippen LogP contribution in [-0.2, 0) is 17.9 Å². The Bertz CT molecular complexity index is 1170. The standard InChI is InChI=1S/C26H23NO4S/c1-18-9-6-7-12-21(18)16-27-25(28)23(32-26(27)29)15-20-13-8-14-22(30-2)24(20)31-17-19-10-4-3-5-11-19/h3-15H,16-17H2,1-2H3/b23-15-. The average Bonchev–Trinajstić information content (AvgIpc) is 3.07. The van der Waals surface area contributed by atoms with E-state index < -0.39 is 0 Å². The summed E-state index contributed by atoms with van der Waals surface area (Å²) >= 11 is 0.941. The smallest absolute Gasteiger partial charge is 0.293 e. The van der Waals surface area contributed by atoms with Crippen LogP contribution < -0.4 is 9.47 Å². The van der Waals surface area contributed by atoms with Crippen molar-refractivity contribution < 1.29 is 19.1 Å². The van der Waals surface area contributed by atoms with Crippen molar-refractivity contribution >= 4 is 29.0 Å². The van der Waals surface area contributed by atoms with Gasteiger partial charge in [-0.05, 0) is 47.5 Å². The van der Waals surface area contributed by atoms with Crippen LogP contribution in [0.1, 0.15) is 22.3 Å². The van der Waals surface area contributed by atoms with Crippen LogP contribution in [0.15, 0.2) is 77.7 Å². The molecule has 0 aromatic heterocycles. The van der Waals surface area contributed by atoms with Crippen molar-refractivity contribution in [3.8, 4) is 11.5 Å². The van der Waals surface area contributed by atoms with Crippen LogP contribution in [0.5, 0.6) is 11.5 Å². The first-order valence-electron chi connectivity index (χ1n) is 10.2. The quantitative estimate of drug-likeness (QED) is 0.429. The summed E-state index contributed by atoms with van der Waals surface area (Å²) in [7, 11) is 1.57. The summed E-state index contributed by atoms with van der Waals surface area (Å²) in [5.74, 6) is 0.790. The fraction of sp³-hybridized carbons (Fsp3) is 0.154. The van der Waals surface area contributed by atoms with E-state index in [2.05, 4.69) is 0 Å². The number of carbonyl (C=O) groups excluding carboxylic acids is 2. The SMILES string of the molecule is COc1cccc(/C=C2\SC(=O)N(Cc3ccccc3C)C2=O)c1OCc1ccccc1. The van der Waals surface area contributed by atoms with Gasteiger partial charge in [-0.2, -0.15) is 0 Å². The molecule has 0 bridgehead atoms. The van der Waals surface area contributed by atoms with Crippen molar-refractivity contribution in [1.82, 2.24) is 4.90 Å². The molecule has 0 aliphatic carbocycles. The van der Waals surface area contributed by atoms with E-state index in [1.54, 1.807) is 13.2 Å². The molecule has 0 unspecified atom stereocenters. The number of rotatable bonds is 7. The minimum atomic E-state index is -0.305. The molecule has 1 aliphatic rings. The van der Waals surface area contributed by atoms with E-state index in [1.807, 2.05) is 79.7 Å². The molecule has 2 amide bonds. The van der Waals surface area contributed by atoms with Gasteiger partial charge < -0.3 is 9.47 Å². The highest BCUT2D eigenvalue weighted by molar-refractivity contribution is 8.18. The molecule has 4 rings (SSSR count). The molecule has 0 N–H and O–H groups in total. The second-order valence-electron chi connectivity index (χ2n) is 7.35. The van der Waals surface area contributed by atoms with E-state index in [0.717, 1.165) is 28.5 Å². The van der Waals surface area contributed by atoms with E-state index in [4.69, 9.17) is 9.47 Å². The summed E-state index contributed by atoms with van der Waals surface area (Å²) in [6, 6.07) is 23.0. The van der Waals surface area contributed by atoms with Crippen molar-refractivity contribution in [2.75, 3.05) is 7.11 Å². The topological polar surface area (TPSA) is 55.8 Å². The van der Waals surface area contributed by atoms with Crippen LogP contribution in [0.2, 0.25) is 0 Å². The lowest BCUT2D eigenvalue weighted by molar-refractivity contribution is -0.123. The van der Waals surface area contributed by atoms with Crippen LogP contribution in [0.25, 0.3) is 6.08 Å². The van der Waals surface area contributed by atoms with Crippen molar-refractivity contribution in [2.24, 2.45) is 0 Å². The molecule has 0 atom stereocenters. The van der Waals surface area contributed by atoms with Gasteiger partial charge in [0.05, 0.1) is 18.6 Å². The molecular weight excluding hydrogens is 422 g/mol. The van der Waals surface area contributed by atoms with Gasteiger partial charge in [-0.3, -0.25) is 14.5 Å². The third kappa shape index (κ3) is 4.70. The molecule has 1 heterocycles. The second kappa shape index (κ2) is 9.75. The number of thioether (sulfide) groups is 1. The van der Waals surface area contributed by atoms with Crippen molar-refractivity contribution in [2.45, 2.75) is 20.1 Å². The van der Waals surface area contributed by atoms with Crippen LogP contribution in [-0.4, -0.2) is 23.2 Å². The molecule has 32 heavy (non-hydrogen) atoms. The Labute approximate surface area is 191 Å². The number of methoxy groups -OCH3 is 1. The molecule has 3 aromatic rings. The summed E-state index contributed by atoms with van der Waals surface area (Å²) in [6.45, 7) is 2.58. The molecule has 162 valence electrons. The number of imide groups is 1. The molecule has 1 saturated heterocycles. The first-order valence-corrected chi connectivity index (χ1v) is 11.0. The number of hydrogen-bond donors (Lipinski definition) is 0. The van der Waals surface area contributed by atoms with Crippen LogP contribution in [0.3, 0.4) is 0 Å². The predicted molar refractivity (Wildman–Crippen MR) is 126 cm³/mol. The Morgan fingerprint density at radius 1 is 0.938 bits per heavy atom. The summed E-state index contributed by atoms with van der Waals surface area (Å²) < 4.78 is 11.5. The van der Waals surface area contributed by atoms with E-state index in [1.165, 1.54) is 4.90 Å². The van der Waals surface area contributed by atoms with Gasteiger partial charge in [-0.25, -0.2) is 0 Å². The van der Waals surface area contributed by atoms with Gasteiger partial charge >= 0.3 is 0 Å². The summed E-state index contributed by atoms with van der Waals surface area (Å²) in [5.41, 5.74) is 3.69. The zero-order chi connectivity index (χ0) is 22.5. The maximum Gasteiger partial charge on any atom is 0.293 e. The number of aryl methyl sites for hydroxylation is 1. The Morgan fingerprint density at radius 3 is 2.44 bits per heavy atom. The maximum absolute atomic E-state index is 13.0. The van der Waals surface area contributed by atoms with E-state index in [9.17, 15) is 9.59 Å². The average molecular weight is 446 g/mol. The molecule has 1 aliphatic heterocycles. The number of benzene rings is 3. The molecule has 0 spiro atoms. The van der Waals surface area contributed by atoms with Gasteiger partial charge in [0.1, 0.15) is 6.61 Å². The normalized spacial score (nSPS) is 14.8. The lowest BCUT2D eigenvalue weighted by atomic mass is 10.1. The van der Waals surface area contributed by atoms with Gasteiger partial charge in [0.15, 0.2) is 11.5 Å². The Hall–Kier alpha value is -3.51. The first-order chi connectivity index (χ1) is 15.6. The molecule has 3 aromatic carbocycles. The molecule has 0 radical (unpaired) electrons. The highest BCUT2D eigenvalue weighted by Crippen LogP contribution is 2.38. The predicted octanol–water partition coefficient (Wildman–Crippen LogP) is 5.82. The fourth-order valence-corrected chi connectivity index (χ4v) is 4.26. The molecule has 1 fully saturated rings. The highest BCUT2D eigenvalue weighted by atomic mass is 32.2. The lowest BCUT2D eigenvalue weighted by Crippen LogP contribution is -2.27. The second-order valence-corrected chi connectivity index (χ2v) is 8.34. The number of nitrogens with zero attached hydrogens (tertiary/aromatic N) is 1. The highest BCUT2D eigenvalue weighted by Gasteiger charge is 2.35. The molecule has 5 nitrogen and oxygen atoms in total. The molecular formula is C26H23NO4S. The van der Waals surface area contributed by atoms with Crippen LogP contribution in [0.4, 0.5) is 4.79 Å². The number of carbonyl (C=O) groups is 2. The van der Waals surface area contributed by atoms with Crippen molar-refractivity contribution in [3.05, 3.63) is 100.0 Å². The Kier molecular flexibility index (Phi) is 6.61. The van der Waals surface area contributed by atoms with Gasteiger partial charge in [0, 0.05) is 5.56 Å². The van der Waals surface area contributed by atoms with Crippen molar-refractivity contribution in [1.29, 1.82) is 0 Å². The number of amides is 2. The third-order valence-corrected chi connectivity index (χ3v) is 6.11. The number of ether oxygens (including phenoxy) is 2. The zero-order valence-corrected chi connectivity index (χ0v) is 18.7. The minimum Gasteiger partial charge on any atom is -0.493 e. The summed E-state index contributed by atoms with van der Waals surface area (Å²) in [5, 5.41) is -0.279. The fourth-order valence-electron chi connectivity index (χ4n) is 3.43. The van der Waals surface area contributed by atoms with Gasteiger partial charge in [0.2, 0.25) is 0 Å². The minimum absolute atomic E-state index is 0.254. The maximum atomic E-state index is 13.0. The van der Waals surface area contributed by atoms with Crippen LogP contribution in [0, 0.1) is 6.92 Å². The Morgan fingerprint density at radius 2 is 1.69 bits per heavy atom. The molecule has 0 saturated carbocycles. The largest absolute Gasteiger partial charge is 0.493 e. The summed E-state index contributed by atoms with van der Waals surface area (Å²) in [4.78, 5) is 27.3. The zero-order valence-electron chi connectivity index (χ0n) is 17.9. The van der Waals surface area contributed by atoms with Gasteiger partial charge in [-0.1, -0.05) is 66.7 Å². The van der Waals surface area contributed by atoms with Crippen molar-refractivity contribution in [3.63, 3.8) is 0 Å². The summed E-state index contributed by atoms with van der Waals surface area (Å²) in [6.07, 6.45) is 1.70.